The lowest BCUT2D eigenvalue weighted by Gasteiger charge is -2.25. The first-order chi connectivity index (χ1) is 8.15. The Kier molecular flexibility index (Phi) is 5.15. The van der Waals surface area contributed by atoms with Crippen molar-refractivity contribution in [3.05, 3.63) is 35.6 Å². The lowest BCUT2D eigenvalue weighted by atomic mass is 9.76. The fourth-order valence-corrected chi connectivity index (χ4v) is 2.07. The van der Waals surface area contributed by atoms with E-state index >= 15 is 0 Å². The van der Waals surface area contributed by atoms with E-state index in [1.54, 1.807) is 12.1 Å². The molecule has 0 fully saturated rings. The molecule has 0 N–H and O–H groups in total. The predicted octanol–water partition coefficient (Wildman–Crippen LogP) is 4.48. The van der Waals surface area contributed by atoms with Gasteiger partial charge in [-0.05, 0) is 37.0 Å². The largest absolute Gasteiger partial charge is 0.207 e. The van der Waals surface area contributed by atoms with Crippen LogP contribution < -0.4 is 0 Å². The zero-order valence-corrected chi connectivity index (χ0v) is 10.7. The summed E-state index contributed by atoms with van der Waals surface area (Å²) in [6, 6.07) is 8.96. The summed E-state index contributed by atoms with van der Waals surface area (Å²) in [6.07, 6.45) is 4.67. The molecule has 0 heterocycles. The second-order valence-corrected chi connectivity index (χ2v) is 4.65. The fraction of sp³-hybridized carbons (Fsp3) is 0.533. The molecule has 1 aromatic rings. The van der Waals surface area contributed by atoms with Gasteiger partial charge < -0.3 is 0 Å². The van der Waals surface area contributed by atoms with Gasteiger partial charge in [-0.15, -0.1) is 0 Å². The number of hydrogen-bond donors (Lipinski definition) is 0. The van der Waals surface area contributed by atoms with E-state index in [-0.39, 0.29) is 11.2 Å². The molecular formula is C15H20FN. The summed E-state index contributed by atoms with van der Waals surface area (Å²) in [5.41, 5.74) is 0.763. The first-order valence-electron chi connectivity index (χ1n) is 6.31. The first-order valence-corrected chi connectivity index (χ1v) is 6.31. The molecule has 1 rings (SSSR count). The van der Waals surface area contributed by atoms with Gasteiger partial charge in [0, 0.05) is 0 Å². The number of unbranched alkanes of at least 4 members (excludes halogenated alkanes) is 1. The molecule has 1 nitrogen and oxygen atoms in total. The Bertz CT molecular complexity index is 377. The highest BCUT2D eigenvalue weighted by molar-refractivity contribution is 5.20. The van der Waals surface area contributed by atoms with E-state index in [4.69, 9.17) is 0 Å². The molecule has 0 bridgehead atoms. The van der Waals surface area contributed by atoms with Crippen molar-refractivity contribution in [3.63, 3.8) is 0 Å². The van der Waals surface area contributed by atoms with Crippen molar-refractivity contribution in [1.82, 2.24) is 0 Å². The SMILES string of the molecule is CCCCC(C#N)(CC)Cc1ccc(F)cc1. The lowest BCUT2D eigenvalue weighted by Crippen LogP contribution is -2.20. The summed E-state index contributed by atoms with van der Waals surface area (Å²) < 4.78 is 12.8. The molecule has 0 aliphatic carbocycles. The second-order valence-electron chi connectivity index (χ2n) is 4.65. The average molecular weight is 233 g/mol. The monoisotopic (exact) mass is 233 g/mol. The molecule has 0 saturated heterocycles. The topological polar surface area (TPSA) is 23.8 Å². The van der Waals surface area contributed by atoms with Crippen LogP contribution in [0.2, 0.25) is 0 Å². The molecule has 0 aliphatic rings. The molecule has 2 heteroatoms. The zero-order chi connectivity index (χ0) is 12.7. The van der Waals surface area contributed by atoms with Crippen LogP contribution in [0.3, 0.4) is 0 Å². The summed E-state index contributed by atoms with van der Waals surface area (Å²) in [4.78, 5) is 0. The van der Waals surface area contributed by atoms with Gasteiger partial charge in [-0.3, -0.25) is 0 Å². The number of nitrogens with zero attached hydrogens (tertiary/aromatic N) is 1. The van der Waals surface area contributed by atoms with Crippen LogP contribution in [-0.4, -0.2) is 0 Å². The Labute approximate surface area is 103 Å². The number of nitriles is 1. The molecule has 0 radical (unpaired) electrons. The van der Waals surface area contributed by atoms with Gasteiger partial charge in [0.05, 0.1) is 11.5 Å². The highest BCUT2D eigenvalue weighted by Gasteiger charge is 2.27. The summed E-state index contributed by atoms with van der Waals surface area (Å²) in [6.45, 7) is 4.19. The minimum Gasteiger partial charge on any atom is -0.207 e. The molecule has 0 aromatic heterocycles. The summed E-state index contributed by atoms with van der Waals surface area (Å²) >= 11 is 0. The molecule has 0 saturated carbocycles. The highest BCUT2D eigenvalue weighted by Crippen LogP contribution is 2.32. The molecular weight excluding hydrogens is 213 g/mol. The normalized spacial score (nSPS) is 14.0. The maximum Gasteiger partial charge on any atom is 0.123 e. The van der Waals surface area contributed by atoms with Crippen molar-refractivity contribution in [3.8, 4) is 6.07 Å². The third-order valence-electron chi connectivity index (χ3n) is 3.38. The molecule has 0 amide bonds. The van der Waals surface area contributed by atoms with Gasteiger partial charge in [0.15, 0.2) is 0 Å². The summed E-state index contributed by atoms with van der Waals surface area (Å²) in [5.74, 6) is -0.221. The van der Waals surface area contributed by atoms with Crippen LogP contribution >= 0.6 is 0 Å². The number of rotatable bonds is 6. The maximum absolute atomic E-state index is 12.8. The molecule has 1 unspecified atom stereocenters. The van der Waals surface area contributed by atoms with Crippen molar-refractivity contribution in [2.24, 2.45) is 5.41 Å². The van der Waals surface area contributed by atoms with Crippen LogP contribution in [0.25, 0.3) is 0 Å². The standard InChI is InChI=1S/C15H20FN/c1-3-5-10-15(4-2,12-17)11-13-6-8-14(16)9-7-13/h6-9H,3-5,10-11H2,1-2H3. The molecule has 1 atom stereocenters. The minimum atomic E-state index is -0.284. The van der Waals surface area contributed by atoms with Crippen LogP contribution in [0.4, 0.5) is 4.39 Å². The van der Waals surface area contributed by atoms with E-state index in [0.717, 1.165) is 37.7 Å². The third-order valence-corrected chi connectivity index (χ3v) is 3.38. The van der Waals surface area contributed by atoms with E-state index in [1.807, 2.05) is 0 Å². The van der Waals surface area contributed by atoms with Gasteiger partial charge in [-0.2, -0.15) is 5.26 Å². The third kappa shape index (κ3) is 3.85. The van der Waals surface area contributed by atoms with Gasteiger partial charge in [-0.1, -0.05) is 38.8 Å². The molecule has 92 valence electrons. The Morgan fingerprint density at radius 1 is 1.24 bits per heavy atom. The van der Waals surface area contributed by atoms with Crippen LogP contribution in [0.1, 0.15) is 45.1 Å². The van der Waals surface area contributed by atoms with Crippen molar-refractivity contribution in [1.29, 1.82) is 5.26 Å². The lowest BCUT2D eigenvalue weighted by molar-refractivity contribution is 0.335. The highest BCUT2D eigenvalue weighted by atomic mass is 19.1. The van der Waals surface area contributed by atoms with Crippen molar-refractivity contribution >= 4 is 0 Å². The van der Waals surface area contributed by atoms with Gasteiger partial charge in [0.1, 0.15) is 5.82 Å². The molecule has 0 spiro atoms. The minimum absolute atomic E-state index is 0.221. The van der Waals surface area contributed by atoms with Crippen LogP contribution in [-0.2, 0) is 6.42 Å². The van der Waals surface area contributed by atoms with Crippen molar-refractivity contribution in [2.45, 2.75) is 46.0 Å². The molecule has 1 aromatic carbocycles. The van der Waals surface area contributed by atoms with E-state index < -0.39 is 0 Å². The predicted molar refractivity (Wildman–Crippen MR) is 68.0 cm³/mol. The van der Waals surface area contributed by atoms with E-state index in [1.165, 1.54) is 12.1 Å². The Morgan fingerprint density at radius 3 is 2.35 bits per heavy atom. The van der Waals surface area contributed by atoms with E-state index in [2.05, 4.69) is 19.9 Å². The van der Waals surface area contributed by atoms with Crippen molar-refractivity contribution in [2.75, 3.05) is 0 Å². The summed E-state index contributed by atoms with van der Waals surface area (Å²) in [7, 11) is 0. The Balaban J connectivity index is 2.79. The van der Waals surface area contributed by atoms with Gasteiger partial charge in [0.2, 0.25) is 0 Å². The van der Waals surface area contributed by atoms with Gasteiger partial charge in [-0.25, -0.2) is 4.39 Å². The molecule has 17 heavy (non-hydrogen) atoms. The Hall–Kier alpha value is -1.36. The Morgan fingerprint density at radius 2 is 1.88 bits per heavy atom. The molecule has 0 aliphatic heterocycles. The first kappa shape index (κ1) is 13.7. The van der Waals surface area contributed by atoms with Crippen LogP contribution in [0.5, 0.6) is 0 Å². The smallest absolute Gasteiger partial charge is 0.123 e. The van der Waals surface area contributed by atoms with Crippen molar-refractivity contribution < 1.29 is 4.39 Å². The number of halogens is 1. The number of hydrogen-bond acceptors (Lipinski definition) is 1. The zero-order valence-electron chi connectivity index (χ0n) is 10.7. The second kappa shape index (κ2) is 6.39. The van der Waals surface area contributed by atoms with Gasteiger partial charge >= 0.3 is 0 Å². The van der Waals surface area contributed by atoms with Gasteiger partial charge in [0.25, 0.3) is 0 Å². The summed E-state index contributed by atoms with van der Waals surface area (Å²) in [5, 5.41) is 9.39. The van der Waals surface area contributed by atoms with Crippen LogP contribution in [0, 0.1) is 22.6 Å². The van der Waals surface area contributed by atoms with E-state index in [0.29, 0.717) is 0 Å². The maximum atomic E-state index is 12.8. The average Bonchev–Trinajstić information content (AvgIpc) is 2.37. The fourth-order valence-electron chi connectivity index (χ4n) is 2.07. The number of benzene rings is 1. The quantitative estimate of drug-likeness (QED) is 0.710. The van der Waals surface area contributed by atoms with E-state index in [9.17, 15) is 9.65 Å². The van der Waals surface area contributed by atoms with Crippen LogP contribution in [0.15, 0.2) is 24.3 Å².